The normalized spacial score (nSPS) is 15.5. The number of aliphatic imine (C=N–C) groups is 1. The first-order valence-corrected chi connectivity index (χ1v) is 10.1. The Bertz CT molecular complexity index is 1000. The molecule has 0 radical (unpaired) electrons. The summed E-state index contributed by atoms with van der Waals surface area (Å²) in [6.07, 6.45) is 0.674. The summed E-state index contributed by atoms with van der Waals surface area (Å²) in [4.78, 5) is 27.6. The van der Waals surface area contributed by atoms with Crippen LogP contribution in [-0.2, 0) is 30.8 Å². The average Bonchev–Trinajstić information content (AvgIpc) is 2.96. The Morgan fingerprint density at radius 3 is 2.54 bits per heavy atom. The lowest BCUT2D eigenvalue weighted by molar-refractivity contribution is -0.147. The molecular weight excluding hydrogens is 382 g/mol. The molecule has 1 heterocycles. The van der Waals surface area contributed by atoms with E-state index in [1.54, 1.807) is 18.2 Å². The zero-order valence-electron chi connectivity index (χ0n) is 14.9. The highest BCUT2D eigenvalue weighted by atomic mass is 32.2. The molecule has 2 aromatic carbocycles. The number of nitrogens with zero attached hydrogens (tertiary/aromatic N) is 1. The van der Waals surface area contributed by atoms with E-state index < -0.39 is 35.1 Å². The van der Waals surface area contributed by atoms with Crippen molar-refractivity contribution in [1.29, 1.82) is 0 Å². The van der Waals surface area contributed by atoms with E-state index in [2.05, 4.69) is 15.0 Å². The van der Waals surface area contributed by atoms with Crippen LogP contribution in [0.1, 0.15) is 11.1 Å². The summed E-state index contributed by atoms with van der Waals surface area (Å²) in [6.45, 7) is -0.383. The fourth-order valence-electron chi connectivity index (χ4n) is 2.63. The van der Waals surface area contributed by atoms with Crippen LogP contribution in [0.15, 0.2) is 64.5 Å². The second-order valence-electron chi connectivity index (χ2n) is 6.01. The molecule has 0 bridgehead atoms. The lowest BCUT2D eigenvalue weighted by Crippen LogP contribution is -2.31. The number of sulfonamides is 1. The van der Waals surface area contributed by atoms with Gasteiger partial charge >= 0.3 is 5.97 Å². The number of esters is 1. The molecule has 1 aliphatic heterocycles. The predicted molar refractivity (Wildman–Crippen MR) is 102 cm³/mol. The van der Waals surface area contributed by atoms with Gasteiger partial charge in [-0.25, -0.2) is 8.42 Å². The highest BCUT2D eigenvalue weighted by Gasteiger charge is 2.30. The first kappa shape index (κ1) is 19.6. The Labute approximate surface area is 162 Å². The van der Waals surface area contributed by atoms with Crippen LogP contribution in [0, 0.1) is 0 Å². The molecule has 0 atom stereocenters. The Morgan fingerprint density at radius 2 is 1.75 bits per heavy atom. The van der Waals surface area contributed by atoms with E-state index in [1.807, 2.05) is 30.3 Å². The Balaban J connectivity index is 1.44. The van der Waals surface area contributed by atoms with Gasteiger partial charge in [0.2, 0.25) is 0 Å². The molecule has 0 aliphatic carbocycles. The summed E-state index contributed by atoms with van der Waals surface area (Å²) in [5.41, 5.74) is 1.49. The number of carbonyl (C=O) groups excluding carboxylic acids is 2. The molecule has 0 fully saturated rings. The maximum absolute atomic E-state index is 12.0. The Kier molecular flexibility index (Phi) is 6.05. The molecule has 0 saturated carbocycles. The van der Waals surface area contributed by atoms with Crippen molar-refractivity contribution in [2.75, 3.05) is 19.7 Å². The number of amides is 1. The van der Waals surface area contributed by atoms with E-state index in [4.69, 9.17) is 4.74 Å². The molecule has 28 heavy (non-hydrogen) atoms. The van der Waals surface area contributed by atoms with Gasteiger partial charge < -0.3 is 10.1 Å². The molecule has 0 aromatic heterocycles. The van der Waals surface area contributed by atoms with Crippen LogP contribution in [0.4, 0.5) is 0 Å². The smallest absolute Gasteiger partial charge is 0.328 e. The van der Waals surface area contributed by atoms with Crippen molar-refractivity contribution in [3.63, 3.8) is 0 Å². The van der Waals surface area contributed by atoms with E-state index in [0.717, 1.165) is 5.56 Å². The van der Waals surface area contributed by atoms with Gasteiger partial charge in [0.25, 0.3) is 15.9 Å². The van der Waals surface area contributed by atoms with E-state index in [0.29, 0.717) is 18.5 Å². The second kappa shape index (κ2) is 8.66. The molecule has 1 amide bonds. The standard InChI is InChI=1S/C19H19N3O5S/c23-17(20-11-10-14-6-2-1-3-7-14)13-27-18(24)12-21-19-15-8-4-5-9-16(15)28(25,26)22-19/h1-9H,10-13H2,(H,20,23)(H,21,22). The number of ether oxygens (including phenoxy) is 1. The third kappa shape index (κ3) is 4.95. The summed E-state index contributed by atoms with van der Waals surface area (Å²) >= 11 is 0. The van der Waals surface area contributed by atoms with Gasteiger partial charge in [0.1, 0.15) is 12.4 Å². The number of amidine groups is 1. The van der Waals surface area contributed by atoms with E-state index in [-0.39, 0.29) is 10.7 Å². The van der Waals surface area contributed by atoms with Gasteiger partial charge in [-0.05, 0) is 24.1 Å². The highest BCUT2D eigenvalue weighted by molar-refractivity contribution is 7.90. The maximum atomic E-state index is 12.0. The van der Waals surface area contributed by atoms with Crippen LogP contribution in [0.3, 0.4) is 0 Å². The summed E-state index contributed by atoms with van der Waals surface area (Å²) in [7, 11) is -3.66. The van der Waals surface area contributed by atoms with Gasteiger partial charge in [-0.15, -0.1) is 0 Å². The molecule has 3 rings (SSSR count). The number of nitrogens with one attached hydrogen (secondary N) is 2. The SMILES string of the molecule is O=C(COC(=O)CN=C1NS(=O)(=O)c2ccccc21)NCCc1ccccc1. The third-order valence-electron chi connectivity index (χ3n) is 3.97. The number of benzene rings is 2. The lowest BCUT2D eigenvalue weighted by Gasteiger charge is -2.06. The number of fused-ring (bicyclic) bond motifs is 1. The van der Waals surface area contributed by atoms with Crippen molar-refractivity contribution in [2.24, 2.45) is 4.99 Å². The Morgan fingerprint density at radius 1 is 1.04 bits per heavy atom. The number of rotatable bonds is 7. The minimum Gasteiger partial charge on any atom is -0.454 e. The summed E-state index contributed by atoms with van der Waals surface area (Å²) < 4.78 is 31.1. The third-order valence-corrected chi connectivity index (χ3v) is 5.37. The van der Waals surface area contributed by atoms with Gasteiger partial charge in [-0.2, -0.15) is 0 Å². The fraction of sp³-hybridized carbons (Fsp3) is 0.211. The van der Waals surface area contributed by atoms with Crippen LogP contribution >= 0.6 is 0 Å². The van der Waals surface area contributed by atoms with Gasteiger partial charge in [-0.3, -0.25) is 19.3 Å². The number of carbonyl (C=O) groups is 2. The van der Waals surface area contributed by atoms with Crippen LogP contribution in [-0.4, -0.2) is 45.8 Å². The van der Waals surface area contributed by atoms with Crippen molar-refractivity contribution < 1.29 is 22.7 Å². The van der Waals surface area contributed by atoms with Crippen LogP contribution in [0.25, 0.3) is 0 Å². The lowest BCUT2D eigenvalue weighted by atomic mass is 10.1. The number of hydrogen-bond acceptors (Lipinski definition) is 6. The van der Waals surface area contributed by atoms with Crippen molar-refractivity contribution in [3.05, 3.63) is 65.7 Å². The summed E-state index contributed by atoms with van der Waals surface area (Å²) in [5, 5.41) is 2.66. The molecule has 9 heteroatoms. The maximum Gasteiger partial charge on any atom is 0.328 e. The highest BCUT2D eigenvalue weighted by Crippen LogP contribution is 2.21. The molecule has 0 saturated heterocycles. The van der Waals surface area contributed by atoms with Crippen molar-refractivity contribution in [2.45, 2.75) is 11.3 Å². The summed E-state index contributed by atoms with van der Waals surface area (Å²) in [6, 6.07) is 16.0. The first-order chi connectivity index (χ1) is 13.5. The van der Waals surface area contributed by atoms with Crippen molar-refractivity contribution in [1.82, 2.24) is 10.0 Å². The van der Waals surface area contributed by atoms with E-state index in [9.17, 15) is 18.0 Å². The van der Waals surface area contributed by atoms with Gasteiger partial charge in [0.05, 0.1) is 4.90 Å². The predicted octanol–water partition coefficient (Wildman–Crippen LogP) is 0.627. The molecule has 8 nitrogen and oxygen atoms in total. The largest absolute Gasteiger partial charge is 0.454 e. The Hall–Kier alpha value is -3.20. The zero-order valence-corrected chi connectivity index (χ0v) is 15.7. The summed E-state index contributed by atoms with van der Waals surface area (Å²) in [5.74, 6) is -1.06. The van der Waals surface area contributed by atoms with Gasteiger partial charge in [-0.1, -0.05) is 42.5 Å². The minimum absolute atomic E-state index is 0.0832. The molecular formula is C19H19N3O5S. The van der Waals surface area contributed by atoms with Crippen LogP contribution in [0.5, 0.6) is 0 Å². The number of hydrogen-bond donors (Lipinski definition) is 2. The van der Waals surface area contributed by atoms with Crippen LogP contribution in [0.2, 0.25) is 0 Å². The molecule has 1 aliphatic rings. The average molecular weight is 401 g/mol. The van der Waals surface area contributed by atoms with Crippen molar-refractivity contribution in [3.8, 4) is 0 Å². The molecule has 0 unspecified atom stereocenters. The second-order valence-corrected chi connectivity index (χ2v) is 7.66. The van der Waals surface area contributed by atoms with E-state index >= 15 is 0 Å². The van der Waals surface area contributed by atoms with Gasteiger partial charge in [0.15, 0.2) is 6.61 Å². The van der Waals surface area contributed by atoms with E-state index in [1.165, 1.54) is 6.07 Å². The molecule has 2 N–H and O–H groups in total. The quantitative estimate of drug-likeness (QED) is 0.661. The zero-order chi connectivity index (χ0) is 20.0. The molecule has 2 aromatic rings. The monoisotopic (exact) mass is 401 g/mol. The minimum atomic E-state index is -3.66. The molecule has 0 spiro atoms. The van der Waals surface area contributed by atoms with Gasteiger partial charge in [0, 0.05) is 12.1 Å². The fourth-order valence-corrected chi connectivity index (χ4v) is 3.88. The van der Waals surface area contributed by atoms with Crippen molar-refractivity contribution >= 4 is 27.7 Å². The first-order valence-electron chi connectivity index (χ1n) is 8.58. The van der Waals surface area contributed by atoms with Crippen LogP contribution < -0.4 is 10.0 Å². The molecule has 146 valence electrons. The topological polar surface area (TPSA) is 114 Å².